The predicted octanol–water partition coefficient (Wildman–Crippen LogP) is 0.351. The molecule has 1 aliphatic heterocycles. The van der Waals surface area contributed by atoms with E-state index in [1.54, 1.807) is 42.4 Å². The van der Waals surface area contributed by atoms with E-state index in [1.165, 1.54) is 17.1 Å². The van der Waals surface area contributed by atoms with Crippen LogP contribution < -0.4 is 10.5 Å². The Bertz CT molecular complexity index is 756. The molecule has 1 atom stereocenters. The van der Waals surface area contributed by atoms with Crippen LogP contribution in [0.5, 0.6) is 0 Å². The molecule has 8 heteroatoms. The van der Waals surface area contributed by atoms with Crippen LogP contribution in [0, 0.1) is 0 Å². The van der Waals surface area contributed by atoms with Gasteiger partial charge in [0.1, 0.15) is 6.26 Å². The van der Waals surface area contributed by atoms with Crippen LogP contribution in [-0.2, 0) is 11.8 Å². The van der Waals surface area contributed by atoms with Gasteiger partial charge in [0.15, 0.2) is 5.82 Å². The smallest absolute Gasteiger partial charge is 0.293 e. The largest absolute Gasteiger partial charge is 0.472 e. The van der Waals surface area contributed by atoms with Crippen molar-refractivity contribution in [3.8, 4) is 0 Å². The third kappa shape index (κ3) is 3.33. The lowest BCUT2D eigenvalue weighted by Gasteiger charge is -2.34. The molecule has 0 bridgehead atoms. The molecule has 1 fully saturated rings. The lowest BCUT2D eigenvalue weighted by Crippen LogP contribution is -2.49. The van der Waals surface area contributed by atoms with Crippen molar-refractivity contribution in [1.82, 2.24) is 14.5 Å². The van der Waals surface area contributed by atoms with Crippen molar-refractivity contribution in [2.24, 2.45) is 7.05 Å². The summed E-state index contributed by atoms with van der Waals surface area (Å²) in [7, 11) is 3.48. The maximum Gasteiger partial charge on any atom is 0.293 e. The molecule has 3 heterocycles. The van der Waals surface area contributed by atoms with Gasteiger partial charge in [-0.1, -0.05) is 0 Å². The zero-order chi connectivity index (χ0) is 17.1. The number of furan rings is 1. The van der Waals surface area contributed by atoms with Crippen molar-refractivity contribution in [1.29, 1.82) is 0 Å². The lowest BCUT2D eigenvalue weighted by atomic mass is 10.2. The van der Waals surface area contributed by atoms with E-state index in [0.717, 1.165) is 0 Å². The molecule has 0 spiro atoms. The minimum Gasteiger partial charge on any atom is -0.472 e. The summed E-state index contributed by atoms with van der Waals surface area (Å²) in [6.45, 7) is 1.93. The van der Waals surface area contributed by atoms with Gasteiger partial charge >= 0.3 is 0 Å². The third-order valence-electron chi connectivity index (χ3n) is 4.03. The van der Waals surface area contributed by atoms with Gasteiger partial charge in [-0.2, -0.15) is 0 Å². The Kier molecular flexibility index (Phi) is 4.66. The van der Waals surface area contributed by atoms with Crippen molar-refractivity contribution in [3.63, 3.8) is 0 Å². The topological polar surface area (TPSA) is 80.8 Å². The molecule has 8 nitrogen and oxygen atoms in total. The van der Waals surface area contributed by atoms with E-state index in [4.69, 9.17) is 9.15 Å². The number of nitrogens with zero attached hydrogens (tertiary/aromatic N) is 4. The Morgan fingerprint density at radius 1 is 1.50 bits per heavy atom. The summed E-state index contributed by atoms with van der Waals surface area (Å²) in [4.78, 5) is 32.2. The Balaban J connectivity index is 1.66. The Morgan fingerprint density at radius 3 is 3.08 bits per heavy atom. The summed E-state index contributed by atoms with van der Waals surface area (Å²) in [5, 5.41) is 0. The highest BCUT2D eigenvalue weighted by Crippen LogP contribution is 2.13. The van der Waals surface area contributed by atoms with Crippen LogP contribution in [0.2, 0.25) is 0 Å². The molecule has 0 radical (unpaired) electrons. The normalized spacial score (nSPS) is 17.8. The van der Waals surface area contributed by atoms with Gasteiger partial charge in [0, 0.05) is 46.1 Å². The monoisotopic (exact) mass is 332 g/mol. The average molecular weight is 332 g/mol. The summed E-state index contributed by atoms with van der Waals surface area (Å²) in [5.74, 6) is 0.287. The average Bonchev–Trinajstić information content (AvgIpc) is 3.11. The van der Waals surface area contributed by atoms with E-state index in [0.29, 0.717) is 37.6 Å². The van der Waals surface area contributed by atoms with Crippen LogP contribution in [0.4, 0.5) is 5.82 Å². The van der Waals surface area contributed by atoms with Crippen molar-refractivity contribution < 1.29 is 13.9 Å². The van der Waals surface area contributed by atoms with Crippen LogP contribution in [0.15, 0.2) is 40.2 Å². The van der Waals surface area contributed by atoms with E-state index in [-0.39, 0.29) is 17.6 Å². The molecule has 1 amide bonds. The van der Waals surface area contributed by atoms with Gasteiger partial charge in [-0.3, -0.25) is 9.59 Å². The summed E-state index contributed by atoms with van der Waals surface area (Å²) in [6.07, 6.45) is 5.93. The van der Waals surface area contributed by atoms with Crippen molar-refractivity contribution in [2.45, 2.75) is 6.10 Å². The van der Waals surface area contributed by atoms with E-state index in [1.807, 2.05) is 0 Å². The Morgan fingerprint density at radius 2 is 2.33 bits per heavy atom. The molecule has 2 aromatic heterocycles. The maximum absolute atomic E-state index is 12.4. The number of aryl methyl sites for hydroxylation is 1. The zero-order valence-corrected chi connectivity index (χ0v) is 13.7. The van der Waals surface area contributed by atoms with Crippen molar-refractivity contribution in [2.75, 3.05) is 38.2 Å². The first-order valence-electron chi connectivity index (χ1n) is 7.72. The predicted molar refractivity (Wildman–Crippen MR) is 87.1 cm³/mol. The van der Waals surface area contributed by atoms with Crippen LogP contribution in [0.1, 0.15) is 10.4 Å². The van der Waals surface area contributed by atoms with Crippen LogP contribution in [0.25, 0.3) is 0 Å². The van der Waals surface area contributed by atoms with Crippen LogP contribution >= 0.6 is 0 Å². The fourth-order valence-corrected chi connectivity index (χ4v) is 2.72. The zero-order valence-electron chi connectivity index (χ0n) is 13.7. The standard InChI is InChI=1S/C16H20N4O4/c1-18-5-4-17-14(16(18)22)19(2)9-13-10-20(6-8-24-13)15(21)12-3-7-23-11-12/h3-5,7,11,13H,6,8-10H2,1-2H3. The number of ether oxygens (including phenoxy) is 1. The van der Waals surface area contributed by atoms with Crippen LogP contribution in [0.3, 0.4) is 0 Å². The molecule has 2 aromatic rings. The first-order valence-corrected chi connectivity index (χ1v) is 7.72. The summed E-state index contributed by atoms with van der Waals surface area (Å²) in [6, 6.07) is 1.65. The molecule has 24 heavy (non-hydrogen) atoms. The van der Waals surface area contributed by atoms with E-state index in [9.17, 15) is 9.59 Å². The summed E-state index contributed by atoms with van der Waals surface area (Å²) < 4.78 is 12.2. The third-order valence-corrected chi connectivity index (χ3v) is 4.03. The molecule has 0 aliphatic carbocycles. The molecule has 3 rings (SSSR count). The number of hydrogen-bond acceptors (Lipinski definition) is 6. The Hall–Kier alpha value is -2.61. The van der Waals surface area contributed by atoms with Crippen molar-refractivity contribution >= 4 is 11.7 Å². The molecule has 1 saturated heterocycles. The maximum atomic E-state index is 12.4. The molecular weight excluding hydrogens is 312 g/mol. The lowest BCUT2D eigenvalue weighted by molar-refractivity contribution is -0.0172. The second kappa shape index (κ2) is 6.88. The molecule has 1 aliphatic rings. The van der Waals surface area contributed by atoms with Gasteiger partial charge in [0.05, 0.1) is 24.5 Å². The number of likely N-dealkylation sites (N-methyl/N-ethyl adjacent to an activating group) is 1. The highest BCUT2D eigenvalue weighted by Gasteiger charge is 2.27. The second-order valence-electron chi connectivity index (χ2n) is 5.80. The summed E-state index contributed by atoms with van der Waals surface area (Å²) >= 11 is 0. The minimum absolute atomic E-state index is 0.0755. The number of carbonyl (C=O) groups is 1. The first-order chi connectivity index (χ1) is 11.6. The first kappa shape index (κ1) is 16.3. The minimum atomic E-state index is -0.189. The van der Waals surface area contributed by atoms with Gasteiger partial charge in [-0.05, 0) is 6.07 Å². The SMILES string of the molecule is CN(CC1CN(C(=O)c2ccoc2)CCO1)c1nccn(C)c1=O. The molecule has 1 unspecified atom stereocenters. The Labute approximate surface area is 139 Å². The van der Waals surface area contributed by atoms with E-state index >= 15 is 0 Å². The number of aromatic nitrogens is 2. The van der Waals surface area contributed by atoms with E-state index < -0.39 is 0 Å². The molecule has 0 aromatic carbocycles. The molecule has 0 saturated carbocycles. The van der Waals surface area contributed by atoms with Gasteiger partial charge in [0.2, 0.25) is 0 Å². The fraction of sp³-hybridized carbons (Fsp3) is 0.438. The summed E-state index contributed by atoms with van der Waals surface area (Å²) in [5.41, 5.74) is 0.365. The quantitative estimate of drug-likeness (QED) is 0.804. The van der Waals surface area contributed by atoms with Gasteiger partial charge in [-0.15, -0.1) is 0 Å². The molecule has 128 valence electrons. The number of carbonyl (C=O) groups excluding carboxylic acids is 1. The van der Waals surface area contributed by atoms with Gasteiger partial charge in [0.25, 0.3) is 11.5 Å². The number of amides is 1. The number of morpholine rings is 1. The van der Waals surface area contributed by atoms with Gasteiger partial charge in [-0.25, -0.2) is 4.98 Å². The molecular formula is C16H20N4O4. The fourth-order valence-electron chi connectivity index (χ4n) is 2.72. The van der Waals surface area contributed by atoms with Crippen molar-refractivity contribution in [3.05, 3.63) is 46.9 Å². The van der Waals surface area contributed by atoms with E-state index in [2.05, 4.69) is 4.98 Å². The number of rotatable bonds is 4. The van der Waals surface area contributed by atoms with Gasteiger partial charge < -0.3 is 23.5 Å². The van der Waals surface area contributed by atoms with Crippen LogP contribution in [-0.4, -0.2) is 59.8 Å². The molecule has 0 N–H and O–H groups in total. The number of anilines is 1. The highest BCUT2D eigenvalue weighted by molar-refractivity contribution is 5.93. The number of hydrogen-bond donors (Lipinski definition) is 0. The highest BCUT2D eigenvalue weighted by atomic mass is 16.5. The second-order valence-corrected chi connectivity index (χ2v) is 5.80.